The fraction of sp³-hybridized carbons (Fsp3) is 0.190. The topological polar surface area (TPSA) is 14.7 Å². The molecule has 14 aromatic rings. The molecule has 4 nitrogen and oxygen atoms in total. The highest BCUT2D eigenvalue weighted by Crippen LogP contribution is 2.54. The summed E-state index contributed by atoms with van der Waals surface area (Å²) >= 11 is 3.92. The van der Waals surface area contributed by atoms with E-state index in [1.807, 2.05) is 22.7 Å². The zero-order valence-corrected chi connectivity index (χ0v) is 55.8. The second-order valence-electron chi connectivity index (χ2n) is 29.4. The van der Waals surface area contributed by atoms with Crippen LogP contribution in [0, 0.1) is 0 Å². The van der Waals surface area contributed by atoms with Crippen molar-refractivity contribution in [3.05, 3.63) is 259 Å². The van der Waals surface area contributed by atoms with Crippen LogP contribution in [0.5, 0.6) is 0 Å². The van der Waals surface area contributed by atoms with Gasteiger partial charge in [0.25, 0.3) is 6.71 Å². The molecule has 0 atom stereocenters. The molecule has 91 heavy (non-hydrogen) atoms. The van der Waals surface area contributed by atoms with Crippen molar-refractivity contribution in [3.8, 4) is 16.8 Å². The number of anilines is 9. The van der Waals surface area contributed by atoms with Gasteiger partial charge in [0.2, 0.25) is 0 Å². The SMILES string of the molecule is CC(C)(C)c1ccc(N2c3cc(N(c4ccccc4)c4ccccc4)cc4c3B(c3sc5ccc(-c6ccccc6)cc5c3N4c3ccc(C(C)(C)C)cc3)c3c2cc(-n2c4ccc(C(C)(C)C)cc4c4cc(C(C)(C)C)ccc42)c2sc4ccccc4c32)cc1. The summed E-state index contributed by atoms with van der Waals surface area (Å²) in [6, 6.07) is 90.6. The fourth-order valence-corrected chi connectivity index (χ4v) is 17.0. The van der Waals surface area contributed by atoms with Crippen LogP contribution in [0.1, 0.15) is 105 Å². The molecule has 0 bridgehead atoms. The Hall–Kier alpha value is -9.14. The molecule has 0 saturated carbocycles. The molecule has 0 fully saturated rings. The second kappa shape index (κ2) is 20.7. The number of nitrogens with zero attached hydrogens (tertiary/aromatic N) is 4. The number of rotatable bonds is 7. The van der Waals surface area contributed by atoms with E-state index in [1.54, 1.807) is 0 Å². The van der Waals surface area contributed by atoms with Crippen LogP contribution < -0.4 is 30.4 Å². The first-order valence-electron chi connectivity index (χ1n) is 32.3. The third-order valence-corrected chi connectivity index (χ3v) is 21.8. The minimum atomic E-state index is -0.171. The van der Waals surface area contributed by atoms with Gasteiger partial charge in [-0.25, -0.2) is 0 Å². The van der Waals surface area contributed by atoms with Crippen molar-refractivity contribution >= 4 is 148 Å². The number of hydrogen-bond acceptors (Lipinski definition) is 5. The highest BCUT2D eigenvalue weighted by molar-refractivity contribution is 7.34. The Bertz CT molecular complexity index is 5090. The smallest absolute Gasteiger partial charge is 0.265 e. The van der Waals surface area contributed by atoms with E-state index in [2.05, 4.69) is 339 Å². The molecule has 11 aromatic carbocycles. The first kappa shape index (κ1) is 57.1. The third kappa shape index (κ3) is 9.28. The highest BCUT2D eigenvalue weighted by atomic mass is 32.1. The standard InChI is InChI=1S/C84H75BN4S2/c1-81(2,3)54-33-39-60(40-34-54)87-69-49-62(86(58-26-18-14-19-27-58)59-28-20-15-21-29-59)50-70-76(69)85(80-78(88(70)61-41-35-55(36-42-61)82(4,5)6)66-46-53(32-45-74(66)91-80)52-24-16-13-17-25-52)77-71(87)51-72(79-75(77)63-30-22-23-31-73(63)90-79)89-67-43-37-56(83(7,8)9)47-64(67)65-48-57(84(10,11)12)38-44-68(65)89/h13-51H,1-12H3. The van der Waals surface area contributed by atoms with Crippen molar-refractivity contribution in [2.75, 3.05) is 14.7 Å². The molecule has 0 unspecified atom stereocenters. The maximum absolute atomic E-state index is 2.67. The van der Waals surface area contributed by atoms with Crippen LogP contribution in [0.15, 0.2) is 237 Å². The summed E-state index contributed by atoms with van der Waals surface area (Å²) in [6.45, 7) is 27.8. The number of fused-ring (bicyclic) bond motifs is 13. The lowest BCUT2D eigenvalue weighted by atomic mass is 9.35. The molecular weight excluding hydrogens is 1140 g/mol. The lowest BCUT2D eigenvalue weighted by Gasteiger charge is -2.44. The Labute approximate surface area is 544 Å². The predicted molar refractivity (Wildman–Crippen MR) is 398 cm³/mol. The highest BCUT2D eigenvalue weighted by Gasteiger charge is 2.48. The molecule has 16 rings (SSSR count). The molecule has 2 aliphatic heterocycles. The van der Waals surface area contributed by atoms with Gasteiger partial charge in [-0.2, -0.15) is 0 Å². The van der Waals surface area contributed by atoms with Gasteiger partial charge in [0.05, 0.1) is 32.8 Å². The van der Waals surface area contributed by atoms with Crippen molar-refractivity contribution in [2.45, 2.75) is 105 Å². The Morgan fingerprint density at radius 2 is 0.813 bits per heavy atom. The fourth-order valence-electron chi connectivity index (χ4n) is 14.5. The van der Waals surface area contributed by atoms with Gasteiger partial charge in [-0.15, -0.1) is 22.7 Å². The van der Waals surface area contributed by atoms with Gasteiger partial charge in [-0.3, -0.25) is 0 Å². The van der Waals surface area contributed by atoms with Gasteiger partial charge >= 0.3 is 0 Å². The maximum Gasteiger partial charge on any atom is 0.265 e. The molecule has 0 aliphatic carbocycles. The van der Waals surface area contributed by atoms with Crippen molar-refractivity contribution in [2.24, 2.45) is 0 Å². The molecule has 0 spiro atoms. The van der Waals surface area contributed by atoms with Gasteiger partial charge < -0.3 is 19.3 Å². The summed E-state index contributed by atoms with van der Waals surface area (Å²) in [5.41, 5.74) is 24.0. The molecule has 3 aromatic heterocycles. The Morgan fingerprint density at radius 3 is 1.36 bits per heavy atom. The average Bonchev–Trinajstić information content (AvgIpc) is 1.66. The van der Waals surface area contributed by atoms with E-state index in [9.17, 15) is 0 Å². The molecular formula is C84H75BN4S2. The minimum Gasteiger partial charge on any atom is -0.311 e. The van der Waals surface area contributed by atoms with Crippen LogP contribution in [-0.2, 0) is 21.7 Å². The number of aromatic nitrogens is 1. The summed E-state index contributed by atoms with van der Waals surface area (Å²) in [4.78, 5) is 7.79. The van der Waals surface area contributed by atoms with Crippen molar-refractivity contribution in [1.29, 1.82) is 0 Å². The van der Waals surface area contributed by atoms with Gasteiger partial charge in [-0.1, -0.05) is 210 Å². The van der Waals surface area contributed by atoms with E-state index in [-0.39, 0.29) is 28.4 Å². The first-order chi connectivity index (χ1) is 43.7. The Kier molecular flexibility index (Phi) is 13.0. The molecule has 0 N–H and O–H groups in total. The van der Waals surface area contributed by atoms with Crippen LogP contribution in [0.25, 0.3) is 68.9 Å². The summed E-state index contributed by atoms with van der Waals surface area (Å²) < 4.78 is 7.81. The van der Waals surface area contributed by atoms with Crippen molar-refractivity contribution < 1.29 is 0 Å². The summed E-state index contributed by atoms with van der Waals surface area (Å²) in [6.07, 6.45) is 0. The van der Waals surface area contributed by atoms with E-state index in [1.165, 1.54) is 124 Å². The van der Waals surface area contributed by atoms with Gasteiger partial charge in [0.15, 0.2) is 0 Å². The Morgan fingerprint density at radius 1 is 0.341 bits per heavy atom. The summed E-state index contributed by atoms with van der Waals surface area (Å²) in [7, 11) is 0. The molecule has 0 amide bonds. The lowest BCUT2D eigenvalue weighted by molar-refractivity contribution is 0.590. The molecule has 2 aliphatic rings. The van der Waals surface area contributed by atoms with Gasteiger partial charge in [0.1, 0.15) is 0 Å². The van der Waals surface area contributed by atoms with Gasteiger partial charge in [0, 0.05) is 70.1 Å². The predicted octanol–water partition coefficient (Wildman–Crippen LogP) is 22.8. The van der Waals surface area contributed by atoms with Crippen molar-refractivity contribution in [3.63, 3.8) is 0 Å². The second-order valence-corrected chi connectivity index (χ2v) is 31.6. The van der Waals surface area contributed by atoms with Crippen LogP contribution in [0.4, 0.5) is 51.2 Å². The first-order valence-corrected chi connectivity index (χ1v) is 33.9. The molecule has 446 valence electrons. The number of para-hydroxylation sites is 2. The van der Waals surface area contributed by atoms with E-state index in [0.717, 1.165) is 34.1 Å². The Balaban J connectivity index is 1.10. The number of thiophene rings is 2. The van der Waals surface area contributed by atoms with Crippen molar-refractivity contribution in [1.82, 2.24) is 4.57 Å². The average molecular weight is 1220 g/mol. The minimum absolute atomic E-state index is 0.0362. The van der Waals surface area contributed by atoms with E-state index in [0.29, 0.717) is 0 Å². The lowest BCUT2D eigenvalue weighted by Crippen LogP contribution is -2.60. The normalized spacial score (nSPS) is 13.4. The maximum atomic E-state index is 2.67. The molecule has 0 saturated heterocycles. The number of hydrogen-bond donors (Lipinski definition) is 0. The van der Waals surface area contributed by atoms with E-state index >= 15 is 0 Å². The van der Waals surface area contributed by atoms with Gasteiger partial charge in [-0.05, 0) is 186 Å². The molecule has 0 radical (unpaired) electrons. The van der Waals surface area contributed by atoms with Crippen LogP contribution >= 0.6 is 22.7 Å². The van der Waals surface area contributed by atoms with E-state index < -0.39 is 0 Å². The summed E-state index contributed by atoms with van der Waals surface area (Å²) in [5.74, 6) is 0. The zero-order chi connectivity index (χ0) is 62.6. The largest absolute Gasteiger partial charge is 0.311 e. The molecule has 5 heterocycles. The zero-order valence-electron chi connectivity index (χ0n) is 54.2. The molecule has 7 heteroatoms. The van der Waals surface area contributed by atoms with Crippen LogP contribution in [0.3, 0.4) is 0 Å². The van der Waals surface area contributed by atoms with Crippen LogP contribution in [0.2, 0.25) is 0 Å². The third-order valence-electron chi connectivity index (χ3n) is 19.4. The number of benzene rings is 11. The monoisotopic (exact) mass is 1210 g/mol. The van der Waals surface area contributed by atoms with E-state index in [4.69, 9.17) is 0 Å². The quantitative estimate of drug-likeness (QED) is 0.148. The van der Waals surface area contributed by atoms with Crippen LogP contribution in [-0.4, -0.2) is 11.3 Å². The summed E-state index contributed by atoms with van der Waals surface area (Å²) in [5, 5.41) is 6.41.